The molecule has 4 heteroatoms. The van der Waals surface area contributed by atoms with Crippen LogP contribution in [0.5, 0.6) is 5.75 Å². The number of methoxy groups -OCH3 is 1. The molecule has 108 valence electrons. The fourth-order valence-corrected chi connectivity index (χ4v) is 1.95. The van der Waals surface area contributed by atoms with Gasteiger partial charge in [0.05, 0.1) is 7.11 Å². The minimum atomic E-state index is -0.379. The predicted octanol–water partition coefficient (Wildman–Crippen LogP) is 4.21. The monoisotopic (exact) mass is 346 g/mol. The molecular formula is C17H15BrO3. The van der Waals surface area contributed by atoms with E-state index in [1.807, 2.05) is 48.5 Å². The summed E-state index contributed by atoms with van der Waals surface area (Å²) in [6.07, 6.45) is 3.08. The Balaban J connectivity index is 1.99. The van der Waals surface area contributed by atoms with E-state index in [9.17, 15) is 4.79 Å². The average molecular weight is 347 g/mol. The Morgan fingerprint density at radius 1 is 1.19 bits per heavy atom. The molecule has 2 aromatic carbocycles. The van der Waals surface area contributed by atoms with Gasteiger partial charge in [-0.2, -0.15) is 0 Å². The van der Waals surface area contributed by atoms with Crippen LogP contribution >= 0.6 is 15.9 Å². The van der Waals surface area contributed by atoms with E-state index in [1.54, 1.807) is 6.08 Å². The quantitative estimate of drug-likeness (QED) is 0.600. The van der Waals surface area contributed by atoms with Crippen molar-refractivity contribution >= 4 is 28.0 Å². The normalized spacial score (nSPS) is 10.6. The lowest BCUT2D eigenvalue weighted by Crippen LogP contribution is -1.95. The molecule has 0 saturated heterocycles. The van der Waals surface area contributed by atoms with Gasteiger partial charge in [-0.15, -0.1) is 0 Å². The maximum atomic E-state index is 11.1. The Bertz CT molecular complexity index is 633. The fourth-order valence-electron chi connectivity index (χ4n) is 1.69. The largest absolute Gasteiger partial charge is 0.489 e. The fraction of sp³-hybridized carbons (Fsp3) is 0.118. The number of carbonyl (C=O) groups is 1. The van der Waals surface area contributed by atoms with Crippen molar-refractivity contribution in [3.8, 4) is 5.75 Å². The van der Waals surface area contributed by atoms with Crippen molar-refractivity contribution in [1.82, 2.24) is 0 Å². The number of carbonyl (C=O) groups excluding carboxylic acids is 1. The van der Waals surface area contributed by atoms with Gasteiger partial charge in [-0.25, -0.2) is 4.79 Å². The molecule has 0 N–H and O–H groups in total. The molecule has 3 nitrogen and oxygen atoms in total. The van der Waals surface area contributed by atoms with Gasteiger partial charge in [0.15, 0.2) is 0 Å². The molecule has 0 bridgehead atoms. The summed E-state index contributed by atoms with van der Waals surface area (Å²) in [5, 5.41) is 0. The molecule has 2 rings (SSSR count). The molecule has 21 heavy (non-hydrogen) atoms. The molecule has 0 unspecified atom stereocenters. The smallest absolute Gasteiger partial charge is 0.330 e. The van der Waals surface area contributed by atoms with Gasteiger partial charge < -0.3 is 9.47 Å². The van der Waals surface area contributed by atoms with Gasteiger partial charge in [-0.05, 0) is 41.5 Å². The first-order chi connectivity index (χ1) is 10.2. The van der Waals surface area contributed by atoms with E-state index in [-0.39, 0.29) is 5.97 Å². The number of ether oxygens (including phenoxy) is 2. The third kappa shape index (κ3) is 5.08. The molecule has 0 aliphatic heterocycles. The lowest BCUT2D eigenvalue weighted by Gasteiger charge is -2.07. The first kappa shape index (κ1) is 15.3. The maximum Gasteiger partial charge on any atom is 0.330 e. The Labute approximate surface area is 132 Å². The highest BCUT2D eigenvalue weighted by Gasteiger charge is 1.98. The van der Waals surface area contributed by atoms with E-state index in [0.717, 1.165) is 21.3 Å². The van der Waals surface area contributed by atoms with Gasteiger partial charge in [-0.3, -0.25) is 0 Å². The Hall–Kier alpha value is -2.07. The molecule has 0 aliphatic rings. The summed E-state index contributed by atoms with van der Waals surface area (Å²) >= 11 is 3.40. The van der Waals surface area contributed by atoms with Gasteiger partial charge in [0, 0.05) is 10.5 Å². The number of hydrogen-bond donors (Lipinski definition) is 0. The van der Waals surface area contributed by atoms with E-state index in [1.165, 1.54) is 13.2 Å². The van der Waals surface area contributed by atoms with Crippen molar-refractivity contribution in [3.63, 3.8) is 0 Å². The Kier molecular flexibility index (Phi) is 5.58. The summed E-state index contributed by atoms with van der Waals surface area (Å²) in [4.78, 5) is 11.1. The summed E-state index contributed by atoms with van der Waals surface area (Å²) in [6.45, 7) is 0.497. The van der Waals surface area contributed by atoms with Crippen molar-refractivity contribution in [3.05, 3.63) is 70.2 Å². The summed E-state index contributed by atoms with van der Waals surface area (Å²) in [6, 6.07) is 15.5. The van der Waals surface area contributed by atoms with Crippen molar-refractivity contribution in [2.75, 3.05) is 7.11 Å². The molecule has 0 fully saturated rings. The van der Waals surface area contributed by atoms with E-state index >= 15 is 0 Å². The molecule has 0 aliphatic carbocycles. The topological polar surface area (TPSA) is 35.5 Å². The average Bonchev–Trinajstić information content (AvgIpc) is 2.52. The number of benzene rings is 2. The number of rotatable bonds is 5. The maximum absolute atomic E-state index is 11.1. The Morgan fingerprint density at radius 3 is 2.67 bits per heavy atom. The van der Waals surface area contributed by atoms with Gasteiger partial charge in [0.1, 0.15) is 12.4 Å². The lowest BCUT2D eigenvalue weighted by atomic mass is 10.2. The molecule has 2 aromatic rings. The highest BCUT2D eigenvalue weighted by atomic mass is 79.9. The van der Waals surface area contributed by atoms with Crippen LogP contribution in [0.15, 0.2) is 59.1 Å². The van der Waals surface area contributed by atoms with Crippen LogP contribution < -0.4 is 4.74 Å². The van der Waals surface area contributed by atoms with Gasteiger partial charge >= 0.3 is 5.97 Å². The van der Waals surface area contributed by atoms with E-state index in [2.05, 4.69) is 20.7 Å². The SMILES string of the molecule is COC(=O)/C=C/c1cccc(OCc2ccc(Br)cc2)c1. The third-order valence-electron chi connectivity index (χ3n) is 2.79. The van der Waals surface area contributed by atoms with Crippen LogP contribution in [0.4, 0.5) is 0 Å². The number of halogens is 1. The number of esters is 1. The van der Waals surface area contributed by atoms with Crippen molar-refractivity contribution in [1.29, 1.82) is 0 Å². The Morgan fingerprint density at radius 2 is 1.95 bits per heavy atom. The highest BCUT2D eigenvalue weighted by Crippen LogP contribution is 2.17. The predicted molar refractivity (Wildman–Crippen MR) is 86.0 cm³/mol. The summed E-state index contributed by atoms with van der Waals surface area (Å²) in [5.41, 5.74) is 1.97. The zero-order chi connectivity index (χ0) is 15.1. The minimum absolute atomic E-state index is 0.379. The second-order valence-electron chi connectivity index (χ2n) is 4.34. The molecule has 0 amide bonds. The van der Waals surface area contributed by atoms with Crippen molar-refractivity contribution in [2.24, 2.45) is 0 Å². The molecule has 0 heterocycles. The van der Waals surface area contributed by atoms with Crippen LogP contribution in [0, 0.1) is 0 Å². The van der Waals surface area contributed by atoms with E-state index in [4.69, 9.17) is 4.74 Å². The lowest BCUT2D eigenvalue weighted by molar-refractivity contribution is -0.134. The summed E-state index contributed by atoms with van der Waals surface area (Å²) < 4.78 is 11.3. The molecule has 0 aromatic heterocycles. The van der Waals surface area contributed by atoms with Crippen LogP contribution in [0.2, 0.25) is 0 Å². The third-order valence-corrected chi connectivity index (χ3v) is 3.32. The number of hydrogen-bond acceptors (Lipinski definition) is 3. The molecular weight excluding hydrogens is 332 g/mol. The minimum Gasteiger partial charge on any atom is -0.489 e. The van der Waals surface area contributed by atoms with E-state index in [0.29, 0.717) is 6.61 Å². The van der Waals surface area contributed by atoms with Crippen molar-refractivity contribution < 1.29 is 14.3 Å². The van der Waals surface area contributed by atoms with Crippen LogP contribution in [0.25, 0.3) is 6.08 Å². The highest BCUT2D eigenvalue weighted by molar-refractivity contribution is 9.10. The van der Waals surface area contributed by atoms with Crippen LogP contribution in [0.3, 0.4) is 0 Å². The zero-order valence-electron chi connectivity index (χ0n) is 11.6. The first-order valence-corrected chi connectivity index (χ1v) is 7.20. The van der Waals surface area contributed by atoms with Gasteiger partial charge in [0.2, 0.25) is 0 Å². The molecule has 0 radical (unpaired) electrons. The molecule has 0 spiro atoms. The second-order valence-corrected chi connectivity index (χ2v) is 5.26. The van der Waals surface area contributed by atoms with Gasteiger partial charge in [-0.1, -0.05) is 40.2 Å². The summed E-state index contributed by atoms with van der Waals surface area (Å²) in [7, 11) is 1.35. The van der Waals surface area contributed by atoms with Crippen molar-refractivity contribution in [2.45, 2.75) is 6.61 Å². The first-order valence-electron chi connectivity index (χ1n) is 6.41. The molecule has 0 saturated carbocycles. The molecule has 0 atom stereocenters. The second kappa shape index (κ2) is 7.64. The van der Waals surface area contributed by atoms with Crippen LogP contribution in [-0.4, -0.2) is 13.1 Å². The summed E-state index contributed by atoms with van der Waals surface area (Å²) in [5.74, 6) is 0.376. The van der Waals surface area contributed by atoms with Crippen LogP contribution in [0.1, 0.15) is 11.1 Å². The van der Waals surface area contributed by atoms with E-state index < -0.39 is 0 Å². The van der Waals surface area contributed by atoms with Gasteiger partial charge in [0.25, 0.3) is 0 Å². The standard InChI is InChI=1S/C17H15BrO3/c1-20-17(19)10-7-13-3-2-4-16(11-13)21-12-14-5-8-15(18)9-6-14/h2-11H,12H2,1H3/b10-7+. The zero-order valence-corrected chi connectivity index (χ0v) is 13.2. The van der Waals surface area contributed by atoms with Crippen LogP contribution in [-0.2, 0) is 16.1 Å².